The van der Waals surface area contributed by atoms with E-state index < -0.39 is 16.6 Å². The summed E-state index contributed by atoms with van der Waals surface area (Å²) in [5, 5.41) is 13.2. The molecule has 0 radical (unpaired) electrons. The van der Waals surface area contributed by atoms with Gasteiger partial charge in [-0.25, -0.2) is 0 Å². The Morgan fingerprint density at radius 1 is 0.745 bits per heavy atom. The van der Waals surface area contributed by atoms with Gasteiger partial charge >= 0.3 is 0 Å². The van der Waals surface area contributed by atoms with Crippen LogP contribution >= 0.6 is 0 Å². The summed E-state index contributed by atoms with van der Waals surface area (Å²) in [6, 6.07) is 25.9. The molecule has 0 heterocycles. The maximum Gasteiger partial charge on any atom is 0.250 e. The Kier molecular flexibility index (Phi) is 11.0. The molecule has 5 nitrogen and oxygen atoms in total. The van der Waals surface area contributed by atoms with Crippen LogP contribution in [0.25, 0.3) is 10.8 Å². The summed E-state index contributed by atoms with van der Waals surface area (Å²) in [4.78, 5) is 0. The molecule has 4 aromatic rings. The number of rotatable bonds is 13. The van der Waals surface area contributed by atoms with E-state index in [1.54, 1.807) is 6.07 Å². The fourth-order valence-electron chi connectivity index (χ4n) is 4.87. The molecule has 7 heteroatoms. The third kappa shape index (κ3) is 8.69. The van der Waals surface area contributed by atoms with Crippen LogP contribution in [0.15, 0.2) is 91.5 Å². The quantitative estimate of drug-likeness (QED) is 0.113. The number of fused-ring (bicyclic) bond motifs is 1. The van der Waals surface area contributed by atoms with Crippen LogP contribution in [-0.2, 0) is 17.6 Å². The Labute approximate surface area is 284 Å². The van der Waals surface area contributed by atoms with E-state index in [1.807, 2.05) is 78.9 Å². The largest absolute Gasteiger partial charge is 0.543 e. The first-order valence-corrected chi connectivity index (χ1v) is 22.4. The zero-order chi connectivity index (χ0) is 34.6. The Bertz CT molecular complexity index is 1650. The highest BCUT2D eigenvalue weighted by Crippen LogP contribution is 2.50. The van der Waals surface area contributed by atoms with Gasteiger partial charge in [0.15, 0.2) is 8.32 Å². The SMILES string of the molecule is C=CCC(O[Si](C)(C)C(C)(C)C)c1cc(OCc2ccccc2)c2cc(O[Si](C)(C)C(C)(C)C)cc(O)c2c1OCc1ccccc1. The number of phenolic OH excluding ortho intramolecular Hbond substituents is 1. The van der Waals surface area contributed by atoms with Crippen LogP contribution in [0.4, 0.5) is 0 Å². The summed E-state index contributed by atoms with van der Waals surface area (Å²) in [5.74, 6) is 1.91. The molecule has 252 valence electrons. The van der Waals surface area contributed by atoms with E-state index >= 15 is 0 Å². The number of hydrogen-bond donors (Lipinski definition) is 1. The molecular weight excluding hydrogens is 617 g/mol. The Morgan fingerprint density at radius 3 is 1.79 bits per heavy atom. The van der Waals surface area contributed by atoms with Crippen LogP contribution < -0.4 is 13.9 Å². The van der Waals surface area contributed by atoms with Gasteiger partial charge in [-0.05, 0) is 65.9 Å². The van der Waals surface area contributed by atoms with Gasteiger partial charge in [-0.15, -0.1) is 6.58 Å². The third-order valence-electron chi connectivity index (χ3n) is 9.75. The Balaban J connectivity index is 1.98. The average molecular weight is 671 g/mol. The van der Waals surface area contributed by atoms with Crippen molar-refractivity contribution in [3.8, 4) is 23.0 Å². The van der Waals surface area contributed by atoms with E-state index in [0.717, 1.165) is 22.1 Å². The van der Waals surface area contributed by atoms with Gasteiger partial charge in [-0.1, -0.05) is 108 Å². The molecule has 0 aliphatic heterocycles. The summed E-state index contributed by atoms with van der Waals surface area (Å²) in [6.07, 6.45) is 2.11. The number of aromatic hydroxyl groups is 1. The lowest BCUT2D eigenvalue weighted by Gasteiger charge is -2.39. The maximum atomic E-state index is 11.9. The van der Waals surface area contributed by atoms with Crippen LogP contribution in [-0.4, -0.2) is 21.7 Å². The van der Waals surface area contributed by atoms with Gasteiger partial charge in [0.2, 0.25) is 8.32 Å². The van der Waals surface area contributed by atoms with Crippen LogP contribution in [0.1, 0.15) is 70.8 Å². The van der Waals surface area contributed by atoms with Crippen LogP contribution in [0, 0.1) is 0 Å². The van der Waals surface area contributed by atoms with Gasteiger partial charge in [0.1, 0.15) is 36.2 Å². The summed E-state index contributed by atoms with van der Waals surface area (Å²) in [5.41, 5.74) is 2.90. The van der Waals surface area contributed by atoms with Crippen molar-refractivity contribution in [3.05, 3.63) is 108 Å². The second-order valence-corrected chi connectivity index (χ2v) is 24.9. The predicted molar refractivity (Wildman–Crippen MR) is 201 cm³/mol. The Morgan fingerprint density at radius 2 is 1.28 bits per heavy atom. The Hall–Kier alpha value is -3.53. The van der Waals surface area contributed by atoms with Crippen molar-refractivity contribution in [3.63, 3.8) is 0 Å². The molecule has 0 fully saturated rings. The summed E-state index contributed by atoms with van der Waals surface area (Å²) in [7, 11) is -4.45. The van der Waals surface area contributed by atoms with Gasteiger partial charge in [-0.2, -0.15) is 0 Å². The highest BCUT2D eigenvalue weighted by molar-refractivity contribution is 6.75. The van der Waals surface area contributed by atoms with E-state index in [0.29, 0.717) is 42.3 Å². The zero-order valence-corrected chi connectivity index (χ0v) is 32.1. The lowest BCUT2D eigenvalue weighted by Crippen LogP contribution is -2.43. The average Bonchev–Trinajstić information content (AvgIpc) is 2.98. The molecule has 0 aliphatic carbocycles. The summed E-state index contributed by atoms with van der Waals surface area (Å²) in [6.45, 7) is 27.0. The molecule has 4 rings (SSSR count). The van der Waals surface area contributed by atoms with Crippen molar-refractivity contribution in [2.45, 2.75) is 104 Å². The van der Waals surface area contributed by atoms with E-state index in [4.69, 9.17) is 18.3 Å². The molecule has 4 aromatic carbocycles. The van der Waals surface area contributed by atoms with E-state index in [-0.39, 0.29) is 21.9 Å². The highest BCUT2D eigenvalue weighted by Gasteiger charge is 2.41. The first-order chi connectivity index (χ1) is 21.9. The van der Waals surface area contributed by atoms with Crippen LogP contribution in [0.3, 0.4) is 0 Å². The van der Waals surface area contributed by atoms with Crippen molar-refractivity contribution in [2.75, 3.05) is 0 Å². The molecule has 1 atom stereocenters. The fraction of sp³-hybridized carbons (Fsp3) is 0.400. The predicted octanol–water partition coefficient (Wildman–Crippen LogP) is 11.7. The van der Waals surface area contributed by atoms with Gasteiger partial charge in [0.25, 0.3) is 0 Å². The molecule has 0 saturated heterocycles. The lowest BCUT2D eigenvalue weighted by atomic mass is 9.97. The van der Waals surface area contributed by atoms with Crippen molar-refractivity contribution in [2.24, 2.45) is 0 Å². The highest BCUT2D eigenvalue weighted by atomic mass is 28.4. The standard InChI is InChI=1S/C40H54O5Si2/c1-12-19-35(45-47(10,11)40(5,6)7)33-26-36(42-27-29-20-15-13-16-21-29)32-24-31(44-46(8,9)39(2,3)4)25-34(41)37(32)38(33)43-28-30-22-17-14-18-23-30/h12-18,20-26,35,41H,1,19,27-28H2,2-11H3. The maximum absolute atomic E-state index is 11.9. The molecule has 1 unspecified atom stereocenters. The number of hydrogen-bond acceptors (Lipinski definition) is 5. The summed E-state index contributed by atoms with van der Waals surface area (Å²) < 4.78 is 27.1. The first kappa shape index (κ1) is 36.3. The van der Waals surface area contributed by atoms with Crippen molar-refractivity contribution in [1.82, 2.24) is 0 Å². The number of phenols is 1. The molecular formula is C40H54O5Si2. The smallest absolute Gasteiger partial charge is 0.250 e. The van der Waals surface area contributed by atoms with Crippen molar-refractivity contribution in [1.29, 1.82) is 0 Å². The number of benzene rings is 4. The molecule has 0 spiro atoms. The monoisotopic (exact) mass is 670 g/mol. The molecule has 1 N–H and O–H groups in total. The van der Waals surface area contributed by atoms with Crippen LogP contribution in [0.5, 0.6) is 23.0 Å². The van der Waals surface area contributed by atoms with Gasteiger partial charge in [0.05, 0.1) is 11.5 Å². The van der Waals surface area contributed by atoms with E-state index in [9.17, 15) is 5.11 Å². The fourth-order valence-corrected chi connectivity index (χ4v) is 7.17. The molecule has 0 bridgehead atoms. The van der Waals surface area contributed by atoms with E-state index in [2.05, 4.69) is 74.3 Å². The van der Waals surface area contributed by atoms with Crippen molar-refractivity contribution >= 4 is 27.4 Å². The second kappa shape index (κ2) is 14.3. The van der Waals surface area contributed by atoms with E-state index in [1.165, 1.54) is 0 Å². The molecule has 0 saturated carbocycles. The minimum atomic E-state index is -2.24. The minimum absolute atomic E-state index is 0.0148. The third-order valence-corrected chi connectivity index (χ3v) is 18.6. The molecule has 0 aromatic heterocycles. The van der Waals surface area contributed by atoms with Gasteiger partial charge < -0.3 is 23.4 Å². The lowest BCUT2D eigenvalue weighted by molar-refractivity contribution is 0.179. The van der Waals surface area contributed by atoms with Crippen LogP contribution in [0.2, 0.25) is 36.3 Å². The van der Waals surface area contributed by atoms with Gasteiger partial charge in [0, 0.05) is 17.0 Å². The molecule has 0 aliphatic rings. The first-order valence-electron chi connectivity index (χ1n) is 16.6. The molecule has 0 amide bonds. The van der Waals surface area contributed by atoms with Gasteiger partial charge in [-0.3, -0.25) is 0 Å². The minimum Gasteiger partial charge on any atom is -0.543 e. The zero-order valence-electron chi connectivity index (χ0n) is 30.1. The summed E-state index contributed by atoms with van der Waals surface area (Å²) >= 11 is 0. The molecule has 47 heavy (non-hydrogen) atoms. The van der Waals surface area contributed by atoms with Crippen molar-refractivity contribution < 1.29 is 23.4 Å². The normalized spacial score (nSPS) is 13.3. The topological polar surface area (TPSA) is 57.2 Å². The second-order valence-electron chi connectivity index (χ2n) is 15.5. The number of ether oxygens (including phenoxy) is 2.